The van der Waals surface area contributed by atoms with Gasteiger partial charge in [0.05, 0.1) is 11.4 Å². The summed E-state index contributed by atoms with van der Waals surface area (Å²) in [4.78, 5) is 3.48. The maximum atomic E-state index is 12.6. The normalized spacial score (nSPS) is 12.8. The molecule has 2 heterocycles. The van der Waals surface area contributed by atoms with E-state index in [9.17, 15) is 8.42 Å². The SMILES string of the molecule is Cc1n[nH]c(C)c1S(=O)(=O)NCC(C)(C)c1c[nH]c2ccccc12. The number of aromatic nitrogens is 3. The molecule has 6 nitrogen and oxygen atoms in total. The number of hydrogen-bond acceptors (Lipinski definition) is 3. The molecule has 2 aromatic heterocycles. The van der Waals surface area contributed by atoms with E-state index in [2.05, 4.69) is 19.9 Å². The van der Waals surface area contributed by atoms with E-state index in [4.69, 9.17) is 0 Å². The first-order valence-corrected chi connectivity index (χ1v) is 9.28. The zero-order valence-electron chi connectivity index (χ0n) is 14.3. The second-order valence-corrected chi connectivity index (χ2v) is 8.42. The molecular formula is C17H22N4O2S. The smallest absolute Gasteiger partial charge is 0.244 e. The van der Waals surface area contributed by atoms with Crippen LogP contribution in [0.5, 0.6) is 0 Å². The quantitative estimate of drug-likeness (QED) is 0.663. The van der Waals surface area contributed by atoms with Gasteiger partial charge in [-0.3, -0.25) is 5.10 Å². The highest BCUT2D eigenvalue weighted by molar-refractivity contribution is 7.89. The Morgan fingerprint density at radius 1 is 1.21 bits per heavy atom. The lowest BCUT2D eigenvalue weighted by atomic mass is 9.85. The van der Waals surface area contributed by atoms with Crippen molar-refractivity contribution in [3.63, 3.8) is 0 Å². The van der Waals surface area contributed by atoms with Crippen LogP contribution in [0.4, 0.5) is 0 Å². The molecule has 0 fully saturated rings. The number of aryl methyl sites for hydroxylation is 2. The van der Waals surface area contributed by atoms with E-state index in [-0.39, 0.29) is 10.3 Å². The highest BCUT2D eigenvalue weighted by Crippen LogP contribution is 2.30. The monoisotopic (exact) mass is 346 g/mol. The summed E-state index contributed by atoms with van der Waals surface area (Å²) in [5.41, 5.74) is 2.79. The molecule has 0 amide bonds. The molecule has 0 aliphatic carbocycles. The van der Waals surface area contributed by atoms with Crippen molar-refractivity contribution < 1.29 is 8.42 Å². The summed E-state index contributed by atoms with van der Waals surface area (Å²) in [6, 6.07) is 8.01. The molecule has 0 radical (unpaired) electrons. The van der Waals surface area contributed by atoms with Crippen molar-refractivity contribution in [2.24, 2.45) is 0 Å². The molecule has 0 spiro atoms. The zero-order valence-corrected chi connectivity index (χ0v) is 15.1. The van der Waals surface area contributed by atoms with Gasteiger partial charge in [-0.1, -0.05) is 32.0 Å². The van der Waals surface area contributed by atoms with Crippen LogP contribution >= 0.6 is 0 Å². The summed E-state index contributed by atoms with van der Waals surface area (Å²) in [6.07, 6.45) is 1.95. The third-order valence-corrected chi connectivity index (χ3v) is 6.02. The van der Waals surface area contributed by atoms with Crippen molar-refractivity contribution in [1.82, 2.24) is 19.9 Å². The predicted octanol–water partition coefficient (Wildman–Crippen LogP) is 2.76. The van der Waals surface area contributed by atoms with E-state index in [0.717, 1.165) is 16.5 Å². The average molecular weight is 346 g/mol. The fourth-order valence-corrected chi connectivity index (χ4v) is 4.59. The molecule has 3 N–H and O–H groups in total. The first kappa shape index (κ1) is 16.7. The van der Waals surface area contributed by atoms with Gasteiger partial charge in [0.2, 0.25) is 10.0 Å². The lowest BCUT2D eigenvalue weighted by Crippen LogP contribution is -2.37. The summed E-state index contributed by atoms with van der Waals surface area (Å²) in [5, 5.41) is 7.79. The fraction of sp³-hybridized carbons (Fsp3) is 0.353. The van der Waals surface area contributed by atoms with Crippen LogP contribution < -0.4 is 4.72 Å². The molecule has 3 aromatic rings. The van der Waals surface area contributed by atoms with Crippen molar-refractivity contribution >= 4 is 20.9 Å². The summed E-state index contributed by atoms with van der Waals surface area (Å²) in [6.45, 7) is 7.74. The molecule has 0 aliphatic rings. The molecule has 0 atom stereocenters. The number of fused-ring (bicyclic) bond motifs is 1. The summed E-state index contributed by atoms with van der Waals surface area (Å²) < 4.78 is 28.0. The van der Waals surface area contributed by atoms with Gasteiger partial charge < -0.3 is 4.98 Å². The maximum absolute atomic E-state index is 12.6. The summed E-state index contributed by atoms with van der Waals surface area (Å²) in [5.74, 6) is 0. The Hall–Kier alpha value is -2.12. The van der Waals surface area contributed by atoms with Crippen molar-refractivity contribution in [2.45, 2.75) is 38.0 Å². The van der Waals surface area contributed by atoms with E-state index in [1.54, 1.807) is 13.8 Å². The van der Waals surface area contributed by atoms with E-state index in [0.29, 0.717) is 17.9 Å². The minimum absolute atomic E-state index is 0.234. The maximum Gasteiger partial charge on any atom is 0.244 e. The van der Waals surface area contributed by atoms with Crippen LogP contribution in [0, 0.1) is 13.8 Å². The third kappa shape index (κ3) is 2.85. The number of para-hydroxylation sites is 1. The number of nitrogens with one attached hydrogen (secondary N) is 3. The number of aromatic amines is 2. The van der Waals surface area contributed by atoms with Crippen LogP contribution in [-0.2, 0) is 15.4 Å². The first-order chi connectivity index (χ1) is 11.2. The van der Waals surface area contributed by atoms with Crippen molar-refractivity contribution in [3.05, 3.63) is 47.4 Å². The first-order valence-electron chi connectivity index (χ1n) is 7.80. The average Bonchev–Trinajstić information content (AvgIpc) is 3.10. The van der Waals surface area contributed by atoms with Crippen LogP contribution in [0.15, 0.2) is 35.4 Å². The Bertz CT molecular complexity index is 964. The number of sulfonamides is 1. The lowest BCUT2D eigenvalue weighted by Gasteiger charge is -2.25. The predicted molar refractivity (Wildman–Crippen MR) is 94.6 cm³/mol. The molecule has 24 heavy (non-hydrogen) atoms. The van der Waals surface area contributed by atoms with E-state index in [1.807, 2.05) is 44.3 Å². The van der Waals surface area contributed by atoms with Crippen LogP contribution in [-0.4, -0.2) is 30.1 Å². The van der Waals surface area contributed by atoms with Gasteiger partial charge in [0, 0.05) is 29.1 Å². The largest absolute Gasteiger partial charge is 0.361 e. The second kappa shape index (κ2) is 5.75. The van der Waals surface area contributed by atoms with Gasteiger partial charge in [-0.05, 0) is 25.5 Å². The number of benzene rings is 1. The summed E-state index contributed by atoms with van der Waals surface area (Å²) >= 11 is 0. The van der Waals surface area contributed by atoms with E-state index < -0.39 is 10.0 Å². The molecule has 0 aliphatic heterocycles. The molecule has 0 unspecified atom stereocenters. The highest BCUT2D eigenvalue weighted by Gasteiger charge is 2.28. The molecule has 0 saturated carbocycles. The van der Waals surface area contributed by atoms with Gasteiger partial charge in [-0.15, -0.1) is 0 Å². The van der Waals surface area contributed by atoms with E-state index >= 15 is 0 Å². The fourth-order valence-electron chi connectivity index (χ4n) is 3.01. The van der Waals surface area contributed by atoms with Crippen molar-refractivity contribution in [2.75, 3.05) is 6.54 Å². The Balaban J connectivity index is 1.88. The zero-order chi connectivity index (χ0) is 17.5. The lowest BCUT2D eigenvalue weighted by molar-refractivity contribution is 0.504. The van der Waals surface area contributed by atoms with Gasteiger partial charge in [0.15, 0.2) is 0 Å². The number of H-pyrrole nitrogens is 2. The minimum Gasteiger partial charge on any atom is -0.361 e. The van der Waals surface area contributed by atoms with E-state index in [1.165, 1.54) is 0 Å². The standard InChI is InChI=1S/C17H22N4O2S/c1-11-16(12(2)21-20-11)24(22,23)19-10-17(3,4)14-9-18-15-8-6-5-7-13(14)15/h5-9,18-19H,10H2,1-4H3,(H,20,21). The third-order valence-electron chi connectivity index (χ3n) is 4.35. The highest BCUT2D eigenvalue weighted by atomic mass is 32.2. The van der Waals surface area contributed by atoms with Crippen LogP contribution in [0.3, 0.4) is 0 Å². The number of hydrogen-bond donors (Lipinski definition) is 3. The Morgan fingerprint density at radius 3 is 2.58 bits per heavy atom. The Morgan fingerprint density at radius 2 is 1.92 bits per heavy atom. The van der Waals surface area contributed by atoms with Gasteiger partial charge in [0.1, 0.15) is 4.90 Å². The molecule has 3 rings (SSSR count). The molecule has 128 valence electrons. The number of nitrogens with zero attached hydrogens (tertiary/aromatic N) is 1. The van der Waals surface area contributed by atoms with Gasteiger partial charge in [0.25, 0.3) is 0 Å². The molecular weight excluding hydrogens is 324 g/mol. The van der Waals surface area contributed by atoms with Crippen LogP contribution in [0.25, 0.3) is 10.9 Å². The van der Waals surface area contributed by atoms with Crippen LogP contribution in [0.2, 0.25) is 0 Å². The van der Waals surface area contributed by atoms with Gasteiger partial charge in [-0.25, -0.2) is 13.1 Å². The van der Waals surface area contributed by atoms with Gasteiger partial charge in [-0.2, -0.15) is 5.10 Å². The molecule has 1 aromatic carbocycles. The molecule has 0 bridgehead atoms. The van der Waals surface area contributed by atoms with Crippen molar-refractivity contribution in [1.29, 1.82) is 0 Å². The minimum atomic E-state index is -3.61. The Kier molecular flexibility index (Phi) is 4.01. The Labute approximate surface area is 141 Å². The second-order valence-electron chi connectivity index (χ2n) is 6.72. The molecule has 7 heteroatoms. The molecule has 0 saturated heterocycles. The van der Waals surface area contributed by atoms with Crippen LogP contribution in [0.1, 0.15) is 30.8 Å². The number of rotatable bonds is 5. The van der Waals surface area contributed by atoms with Gasteiger partial charge >= 0.3 is 0 Å². The van der Waals surface area contributed by atoms with Crippen molar-refractivity contribution in [3.8, 4) is 0 Å². The topological polar surface area (TPSA) is 90.6 Å². The summed E-state index contributed by atoms with van der Waals surface area (Å²) in [7, 11) is -3.61.